The molecule has 2 heterocycles. The van der Waals surface area contributed by atoms with Gasteiger partial charge in [-0.1, -0.05) is 17.7 Å². The maximum absolute atomic E-state index is 6.02. The summed E-state index contributed by atoms with van der Waals surface area (Å²) in [4.78, 5) is 9.23. The smallest absolute Gasteiger partial charge is 0.132 e. The number of nitrogens with zero attached hydrogens (tertiary/aromatic N) is 3. The average Bonchev–Trinajstić information content (AvgIpc) is 2.59. The Morgan fingerprint density at radius 1 is 1.13 bits per heavy atom. The zero-order valence-electron chi connectivity index (χ0n) is 13.2. The van der Waals surface area contributed by atoms with Crippen molar-refractivity contribution in [3.05, 3.63) is 53.7 Å². The zero-order valence-corrected chi connectivity index (χ0v) is 14.0. The van der Waals surface area contributed by atoms with Crippen molar-refractivity contribution in [1.29, 1.82) is 0 Å². The van der Waals surface area contributed by atoms with Gasteiger partial charge in [0.05, 0.1) is 0 Å². The van der Waals surface area contributed by atoms with Gasteiger partial charge in [-0.2, -0.15) is 0 Å². The molecule has 0 unspecified atom stereocenters. The van der Waals surface area contributed by atoms with Crippen LogP contribution < -0.4 is 10.6 Å². The number of likely N-dealkylation sites (tertiary alicyclic amines) is 1. The molecule has 0 aliphatic carbocycles. The second-order valence-electron chi connectivity index (χ2n) is 6.00. The molecule has 1 aromatic carbocycles. The molecule has 1 aliphatic heterocycles. The van der Waals surface area contributed by atoms with Gasteiger partial charge in [0.15, 0.2) is 0 Å². The Bertz CT molecular complexity index is 594. The van der Waals surface area contributed by atoms with Crippen LogP contribution in [-0.2, 0) is 0 Å². The van der Waals surface area contributed by atoms with Crippen molar-refractivity contribution >= 4 is 23.1 Å². The van der Waals surface area contributed by atoms with Crippen molar-refractivity contribution in [2.24, 2.45) is 5.73 Å². The summed E-state index contributed by atoms with van der Waals surface area (Å²) in [5.41, 5.74) is 7.10. The van der Waals surface area contributed by atoms with Gasteiger partial charge in [0.25, 0.3) is 0 Å². The van der Waals surface area contributed by atoms with E-state index in [0.29, 0.717) is 6.04 Å². The lowest BCUT2D eigenvalue weighted by Gasteiger charge is -2.32. The van der Waals surface area contributed by atoms with Crippen molar-refractivity contribution in [3.8, 4) is 0 Å². The SMILES string of the molecule is NC1CCN(CCN(c2ccc(Cl)cc2)c2ccccn2)CC1. The fourth-order valence-corrected chi connectivity index (χ4v) is 3.05. The summed E-state index contributed by atoms with van der Waals surface area (Å²) in [6, 6.07) is 14.3. The molecule has 0 radical (unpaired) electrons. The largest absolute Gasteiger partial charge is 0.328 e. The van der Waals surface area contributed by atoms with Crippen molar-refractivity contribution in [3.63, 3.8) is 0 Å². The van der Waals surface area contributed by atoms with Crippen LogP contribution in [0.2, 0.25) is 5.02 Å². The number of aromatic nitrogens is 1. The Hall–Kier alpha value is -1.62. The number of hydrogen-bond acceptors (Lipinski definition) is 4. The predicted octanol–water partition coefficient (Wildman–Crippen LogP) is 3.30. The number of piperidine rings is 1. The molecule has 5 heteroatoms. The summed E-state index contributed by atoms with van der Waals surface area (Å²) >= 11 is 6.02. The van der Waals surface area contributed by atoms with Crippen LogP contribution in [0, 0.1) is 0 Å². The molecule has 4 nitrogen and oxygen atoms in total. The van der Waals surface area contributed by atoms with Gasteiger partial charge in [-0.3, -0.25) is 0 Å². The van der Waals surface area contributed by atoms with Gasteiger partial charge >= 0.3 is 0 Å². The highest BCUT2D eigenvalue weighted by molar-refractivity contribution is 6.30. The Morgan fingerprint density at radius 2 is 1.87 bits per heavy atom. The first-order valence-electron chi connectivity index (χ1n) is 8.14. The Kier molecular flexibility index (Phi) is 5.49. The van der Waals surface area contributed by atoms with Gasteiger partial charge in [0.1, 0.15) is 5.82 Å². The molecule has 3 rings (SSSR count). The van der Waals surface area contributed by atoms with Gasteiger partial charge in [0, 0.05) is 36.0 Å². The molecule has 122 valence electrons. The lowest BCUT2D eigenvalue weighted by molar-refractivity contribution is 0.218. The van der Waals surface area contributed by atoms with E-state index >= 15 is 0 Å². The summed E-state index contributed by atoms with van der Waals surface area (Å²) in [5.74, 6) is 0.962. The lowest BCUT2D eigenvalue weighted by Crippen LogP contribution is -2.42. The fraction of sp³-hybridized carbons (Fsp3) is 0.389. The summed E-state index contributed by atoms with van der Waals surface area (Å²) < 4.78 is 0. The highest BCUT2D eigenvalue weighted by atomic mass is 35.5. The second-order valence-corrected chi connectivity index (χ2v) is 6.43. The number of benzene rings is 1. The lowest BCUT2D eigenvalue weighted by atomic mass is 10.1. The third-order valence-electron chi connectivity index (χ3n) is 4.34. The van der Waals surface area contributed by atoms with E-state index in [2.05, 4.69) is 14.8 Å². The Labute approximate surface area is 142 Å². The van der Waals surface area contributed by atoms with Crippen LogP contribution in [0.3, 0.4) is 0 Å². The fourth-order valence-electron chi connectivity index (χ4n) is 2.93. The highest BCUT2D eigenvalue weighted by Crippen LogP contribution is 2.25. The van der Waals surface area contributed by atoms with Crippen LogP contribution in [-0.4, -0.2) is 42.1 Å². The molecule has 0 spiro atoms. The van der Waals surface area contributed by atoms with Crippen molar-refractivity contribution in [2.45, 2.75) is 18.9 Å². The predicted molar refractivity (Wildman–Crippen MR) is 96.3 cm³/mol. The average molecular weight is 331 g/mol. The molecule has 0 bridgehead atoms. The van der Waals surface area contributed by atoms with Crippen LogP contribution in [0.4, 0.5) is 11.5 Å². The van der Waals surface area contributed by atoms with Gasteiger partial charge in [-0.15, -0.1) is 0 Å². The third kappa shape index (κ3) is 4.44. The topological polar surface area (TPSA) is 45.4 Å². The molecule has 2 N–H and O–H groups in total. The van der Waals surface area contributed by atoms with Crippen LogP contribution in [0.1, 0.15) is 12.8 Å². The standard InChI is InChI=1S/C18H23ClN4/c19-15-4-6-17(7-5-15)23(18-3-1-2-10-21-18)14-13-22-11-8-16(20)9-12-22/h1-7,10,16H,8-9,11-14,20H2. The minimum atomic E-state index is 0.370. The first-order valence-corrected chi connectivity index (χ1v) is 8.52. The monoisotopic (exact) mass is 330 g/mol. The van der Waals surface area contributed by atoms with Crippen LogP contribution in [0.5, 0.6) is 0 Å². The Balaban J connectivity index is 1.72. The molecule has 1 fully saturated rings. The number of anilines is 2. The molecule has 1 saturated heterocycles. The highest BCUT2D eigenvalue weighted by Gasteiger charge is 2.17. The number of halogens is 1. The van der Waals surface area contributed by atoms with E-state index in [1.807, 2.05) is 48.7 Å². The molecule has 0 atom stereocenters. The third-order valence-corrected chi connectivity index (χ3v) is 4.59. The van der Waals surface area contributed by atoms with Gasteiger partial charge in [-0.25, -0.2) is 4.98 Å². The van der Waals surface area contributed by atoms with Gasteiger partial charge in [-0.05, 0) is 62.3 Å². The van der Waals surface area contributed by atoms with E-state index in [-0.39, 0.29) is 0 Å². The van der Waals surface area contributed by atoms with Crippen molar-refractivity contribution < 1.29 is 0 Å². The van der Waals surface area contributed by atoms with E-state index in [9.17, 15) is 0 Å². The quantitative estimate of drug-likeness (QED) is 0.913. The summed E-state index contributed by atoms with van der Waals surface area (Å²) in [5, 5.41) is 0.750. The number of rotatable bonds is 5. The minimum absolute atomic E-state index is 0.370. The van der Waals surface area contributed by atoms with E-state index in [0.717, 1.165) is 55.5 Å². The zero-order chi connectivity index (χ0) is 16.1. The molecule has 23 heavy (non-hydrogen) atoms. The first kappa shape index (κ1) is 16.2. The minimum Gasteiger partial charge on any atom is -0.328 e. The second kappa shape index (κ2) is 7.77. The maximum Gasteiger partial charge on any atom is 0.132 e. The molecule has 2 aromatic rings. The number of nitrogens with two attached hydrogens (primary N) is 1. The summed E-state index contributed by atoms with van der Waals surface area (Å²) in [6.07, 6.45) is 4.01. The van der Waals surface area contributed by atoms with E-state index < -0.39 is 0 Å². The van der Waals surface area contributed by atoms with Crippen LogP contribution in [0.25, 0.3) is 0 Å². The summed E-state index contributed by atoms with van der Waals surface area (Å²) in [6.45, 7) is 4.06. The van der Waals surface area contributed by atoms with Crippen molar-refractivity contribution in [1.82, 2.24) is 9.88 Å². The number of pyridine rings is 1. The normalized spacial score (nSPS) is 16.4. The van der Waals surface area contributed by atoms with E-state index in [4.69, 9.17) is 17.3 Å². The molecule has 0 saturated carbocycles. The molecular formula is C18H23ClN4. The van der Waals surface area contributed by atoms with E-state index in [1.165, 1.54) is 0 Å². The number of hydrogen-bond donors (Lipinski definition) is 1. The van der Waals surface area contributed by atoms with Gasteiger partial charge < -0.3 is 15.5 Å². The summed E-state index contributed by atoms with van der Waals surface area (Å²) in [7, 11) is 0. The Morgan fingerprint density at radius 3 is 2.52 bits per heavy atom. The van der Waals surface area contributed by atoms with Crippen molar-refractivity contribution in [2.75, 3.05) is 31.1 Å². The first-order chi connectivity index (χ1) is 11.2. The van der Waals surface area contributed by atoms with Gasteiger partial charge in [0.2, 0.25) is 0 Å². The molecular weight excluding hydrogens is 308 g/mol. The molecule has 1 aliphatic rings. The molecule has 1 aromatic heterocycles. The maximum atomic E-state index is 6.02. The van der Waals surface area contributed by atoms with E-state index in [1.54, 1.807) is 0 Å². The molecule has 0 amide bonds. The van der Waals surface area contributed by atoms with Crippen LogP contribution in [0.15, 0.2) is 48.7 Å². The van der Waals surface area contributed by atoms with Crippen LogP contribution >= 0.6 is 11.6 Å².